The lowest BCUT2D eigenvalue weighted by Gasteiger charge is -2.44. The van der Waals surface area contributed by atoms with Crippen molar-refractivity contribution in [2.75, 3.05) is 37.4 Å². The number of imidazole rings is 1. The minimum atomic E-state index is -2.98. The van der Waals surface area contributed by atoms with Gasteiger partial charge >= 0.3 is 0 Å². The highest BCUT2D eigenvalue weighted by Gasteiger charge is 2.45. The van der Waals surface area contributed by atoms with Crippen LogP contribution in [-0.4, -0.2) is 131 Å². The highest BCUT2D eigenvalue weighted by atomic mass is 32.1. The highest BCUT2D eigenvalue weighted by Crippen LogP contribution is 2.39. The van der Waals surface area contributed by atoms with Crippen LogP contribution in [0.2, 0.25) is 0 Å². The summed E-state index contributed by atoms with van der Waals surface area (Å²) in [5.41, 5.74) is 20.2. The summed E-state index contributed by atoms with van der Waals surface area (Å²) in [6.45, 7) is 8.73. The van der Waals surface area contributed by atoms with Crippen LogP contribution in [0, 0.1) is 24.2 Å². The molecule has 0 radical (unpaired) electrons. The third-order valence-corrected chi connectivity index (χ3v) is 18.6. The molecule has 2 aliphatic heterocycles. The number of aliphatic hydroxyl groups excluding tert-OH is 2. The summed E-state index contributed by atoms with van der Waals surface area (Å²) >= 11 is 1.58. The number of thiazole rings is 1. The van der Waals surface area contributed by atoms with Crippen molar-refractivity contribution >= 4 is 57.5 Å². The van der Waals surface area contributed by atoms with Crippen molar-refractivity contribution in [2.45, 2.75) is 180 Å². The molecule has 4 aromatic heterocycles. The van der Waals surface area contributed by atoms with E-state index in [1.807, 2.05) is 79.1 Å². The van der Waals surface area contributed by atoms with E-state index >= 15 is 0 Å². The summed E-state index contributed by atoms with van der Waals surface area (Å²) in [7, 11) is 1.63. The smallest absolute Gasteiger partial charge is 0.265 e. The molecule has 3 amide bonds. The first-order valence-corrected chi connectivity index (χ1v) is 31.2. The second-order valence-corrected chi connectivity index (χ2v) is 25.9. The number of anilines is 2. The number of nitrogen functional groups attached to an aromatic ring is 1. The average molecular weight is 1200 g/mol. The third kappa shape index (κ3) is 15.4. The number of carbonyl (C=O) groups excluding carboxylic acids is 4. The van der Waals surface area contributed by atoms with Gasteiger partial charge in [-0.2, -0.15) is 0 Å². The Balaban J connectivity index is 0.696. The second-order valence-electron chi connectivity index (χ2n) is 25.0. The van der Waals surface area contributed by atoms with Gasteiger partial charge in [0.1, 0.15) is 41.6 Å². The molecular weight excluding hydrogens is 1120 g/mol. The molecule has 1 aliphatic carbocycles. The van der Waals surface area contributed by atoms with Crippen molar-refractivity contribution in [3.05, 3.63) is 95.3 Å². The van der Waals surface area contributed by atoms with Gasteiger partial charge in [0.15, 0.2) is 11.5 Å². The topological polar surface area (TPSA) is 270 Å². The number of alkyl halides is 2. The van der Waals surface area contributed by atoms with Crippen molar-refractivity contribution in [1.82, 2.24) is 45.0 Å². The van der Waals surface area contributed by atoms with E-state index < -0.39 is 41.7 Å². The van der Waals surface area contributed by atoms with E-state index in [0.717, 1.165) is 103 Å². The Kier molecular flexibility index (Phi) is 20.8. The number of carbonyl (C=O) groups is 4. The first kappa shape index (κ1) is 63.5. The highest BCUT2D eigenvalue weighted by molar-refractivity contribution is 7.13. The van der Waals surface area contributed by atoms with Gasteiger partial charge in [-0.1, -0.05) is 76.8 Å². The quantitative estimate of drug-likeness (QED) is 0.0293. The molecule has 2 aromatic carbocycles. The molecule has 0 bridgehead atoms. The van der Waals surface area contributed by atoms with Gasteiger partial charge in [-0.05, 0) is 116 Å². The van der Waals surface area contributed by atoms with Crippen LogP contribution in [0.1, 0.15) is 139 Å². The van der Waals surface area contributed by atoms with E-state index in [9.17, 15) is 38.2 Å². The van der Waals surface area contributed by atoms with Gasteiger partial charge in [0.2, 0.25) is 17.7 Å². The minimum absolute atomic E-state index is 0.00920. The molecule has 0 unspecified atom stereocenters. The van der Waals surface area contributed by atoms with Gasteiger partial charge < -0.3 is 51.4 Å². The fraction of sp³-hybridized carbons (Fsp3) is 0.547. The largest absolute Gasteiger partial charge is 0.496 e. The normalized spacial score (nSPS) is 20.7. The number of unbranched alkanes of at least 4 members (excludes halogenated alkanes) is 5. The first-order chi connectivity index (χ1) is 41.2. The van der Waals surface area contributed by atoms with E-state index in [4.69, 9.17) is 21.2 Å². The van der Waals surface area contributed by atoms with Crippen molar-refractivity contribution in [1.29, 1.82) is 0 Å². The molecule has 86 heavy (non-hydrogen) atoms. The fourth-order valence-corrected chi connectivity index (χ4v) is 13.5. The molecule has 6 heterocycles. The number of piperidine rings is 1. The molecule has 3 aliphatic rings. The van der Waals surface area contributed by atoms with Gasteiger partial charge in [0, 0.05) is 56.9 Å². The number of aliphatic hydroxyl groups is 2. The maximum Gasteiger partial charge on any atom is 0.265 e. The standard InChI is InChI=1S/C64H84F2N12O7S/c1-39-55(86-38-74-39)44-22-17-41(18-23-44)31-70-61(83)49-30-46(79)34-78(49)62(84)56(63(2,3)4)75-53(81)14-11-9-7-6-8-10-13-51(80)43-20-15-40(16-21-43)27-42-19-24-47(52(28-42)85-5)48-29-45(33-77-37-73-54-59(67)71-36-72-60(54)77)50(32-69-48)76-26-12-25-64(68,35-76)57(82)58(65)66/h17-19,22-24,28-29,32,36-38,40,43,46,49,56-58,79,82H,6-16,20-21,25-27,30-31,33-35,68H2,1-5H3,(H,70,83)(H,75,81)(H2,67,71,72)/t40?,43?,46-,49+,56-,57-,64-/m1/s1. The van der Waals surface area contributed by atoms with E-state index in [1.165, 1.54) is 11.2 Å². The van der Waals surface area contributed by atoms with Gasteiger partial charge in [0.05, 0.1) is 65.3 Å². The molecule has 1 saturated carbocycles. The number of rotatable bonds is 25. The minimum Gasteiger partial charge on any atom is -0.496 e. The number of Topliss-reactive ketones (excluding diaryl/α,β-unsaturated/α-hetero) is 1. The number of ketones is 1. The molecule has 462 valence electrons. The SMILES string of the molecule is COc1cc(CC2CCC(C(=O)CCCCCCCCC(=O)N[C@H](C(=O)N3C[C@H](O)C[C@H]3C(=O)NCc3ccc(-c4scnc4C)cc3)C(C)(C)C)CC2)ccc1-c1cc(Cn2cnc3c(N)ncnc32)c(N2CCC[C@](N)([C@H](O)C(F)F)C2)cn1. The molecule has 3 fully saturated rings. The average Bonchev–Trinajstić information content (AvgIpc) is 2.33. The summed E-state index contributed by atoms with van der Waals surface area (Å²) in [5, 5.41) is 27.1. The number of ether oxygens (including phenoxy) is 1. The molecule has 22 heteroatoms. The summed E-state index contributed by atoms with van der Waals surface area (Å²) in [6, 6.07) is 14.3. The van der Waals surface area contributed by atoms with Crippen molar-refractivity contribution in [3.8, 4) is 27.4 Å². The number of nitrogens with zero attached hydrogens (tertiary/aromatic N) is 8. The van der Waals surface area contributed by atoms with Crippen molar-refractivity contribution in [2.24, 2.45) is 23.0 Å². The number of halogens is 2. The maximum absolute atomic E-state index is 14.1. The number of β-amino-alcohol motifs (C(OH)–C–C–N with tert-alkyl or cyclic N) is 1. The van der Waals surface area contributed by atoms with E-state index in [-0.39, 0.29) is 68.4 Å². The summed E-state index contributed by atoms with van der Waals surface area (Å²) in [4.78, 5) is 80.9. The second kappa shape index (κ2) is 28.2. The third-order valence-electron chi connectivity index (χ3n) is 17.6. The van der Waals surface area contributed by atoms with Crippen LogP contribution >= 0.6 is 11.3 Å². The lowest BCUT2D eigenvalue weighted by atomic mass is 9.77. The lowest BCUT2D eigenvalue weighted by Crippen LogP contribution is -2.63. The molecule has 9 rings (SSSR count). The van der Waals surface area contributed by atoms with Gasteiger partial charge in [-0.25, -0.2) is 28.7 Å². The summed E-state index contributed by atoms with van der Waals surface area (Å²) in [6.07, 6.45) is 10.3. The lowest BCUT2D eigenvalue weighted by molar-refractivity contribution is -0.144. The summed E-state index contributed by atoms with van der Waals surface area (Å²) in [5.74, 6) is 0.798. The predicted molar refractivity (Wildman–Crippen MR) is 328 cm³/mol. The monoisotopic (exact) mass is 1200 g/mol. The number of nitrogens with one attached hydrogen (secondary N) is 2. The van der Waals surface area contributed by atoms with Crippen molar-refractivity contribution in [3.63, 3.8) is 0 Å². The van der Waals surface area contributed by atoms with Crippen molar-refractivity contribution < 1.29 is 42.9 Å². The number of fused-ring (bicyclic) bond motifs is 1. The zero-order chi connectivity index (χ0) is 61.3. The van der Waals surface area contributed by atoms with E-state index in [1.54, 1.807) is 31.0 Å². The predicted octanol–water partition coefficient (Wildman–Crippen LogP) is 8.73. The number of benzene rings is 2. The van der Waals surface area contributed by atoms with Gasteiger partial charge in [-0.3, -0.25) is 24.2 Å². The Bertz CT molecular complexity index is 3310. The fourth-order valence-electron chi connectivity index (χ4n) is 12.7. The van der Waals surface area contributed by atoms with Crippen LogP contribution in [-0.2, 0) is 38.7 Å². The van der Waals surface area contributed by atoms with Crippen LogP contribution in [0.15, 0.2) is 72.9 Å². The molecule has 5 atom stereocenters. The zero-order valence-corrected chi connectivity index (χ0v) is 51.0. The number of aromatic nitrogens is 6. The van der Waals surface area contributed by atoms with Crippen LogP contribution in [0.4, 0.5) is 20.3 Å². The number of nitrogens with two attached hydrogens (primary N) is 2. The molecular formula is C64H84F2N12O7S. The molecule has 8 N–H and O–H groups in total. The number of aryl methyl sites for hydroxylation is 1. The van der Waals surface area contributed by atoms with Gasteiger partial charge in [-0.15, -0.1) is 11.3 Å². The van der Waals surface area contributed by atoms with Gasteiger partial charge in [0.25, 0.3) is 6.43 Å². The van der Waals surface area contributed by atoms with E-state index in [2.05, 4.69) is 42.7 Å². The van der Waals surface area contributed by atoms with Crippen LogP contribution < -0.4 is 31.7 Å². The molecule has 19 nitrogen and oxygen atoms in total. The van der Waals surface area contributed by atoms with Crippen LogP contribution in [0.5, 0.6) is 5.75 Å². The Morgan fingerprint density at radius 1 is 0.919 bits per heavy atom. The van der Waals surface area contributed by atoms with E-state index in [0.29, 0.717) is 72.3 Å². The molecule has 2 saturated heterocycles. The Morgan fingerprint density at radius 3 is 2.34 bits per heavy atom. The Labute approximate surface area is 506 Å². The number of amides is 3. The zero-order valence-electron chi connectivity index (χ0n) is 50.2. The van der Waals surface area contributed by atoms with Crippen LogP contribution in [0.3, 0.4) is 0 Å². The molecule has 6 aromatic rings. The number of hydrogen-bond donors (Lipinski definition) is 6. The first-order valence-electron chi connectivity index (χ1n) is 30.3. The Morgan fingerprint density at radius 2 is 1.64 bits per heavy atom. The summed E-state index contributed by atoms with van der Waals surface area (Å²) < 4.78 is 35.4. The number of methoxy groups -OCH3 is 1. The number of pyridine rings is 1. The maximum atomic E-state index is 14.1. The number of likely N-dealkylation sites (tertiary alicyclic amines) is 1. The Hall–Kier alpha value is -7.01. The number of hydrogen-bond acceptors (Lipinski definition) is 16. The molecule has 0 spiro atoms. The van der Waals surface area contributed by atoms with Crippen LogP contribution in [0.25, 0.3) is 32.9 Å².